The summed E-state index contributed by atoms with van der Waals surface area (Å²) in [6, 6.07) is 7.07. The van der Waals surface area contributed by atoms with E-state index in [0.717, 1.165) is 15.9 Å². The van der Waals surface area contributed by atoms with Crippen LogP contribution in [0.25, 0.3) is 10.2 Å². The molecule has 1 amide bonds. The Labute approximate surface area is 172 Å². The van der Waals surface area contributed by atoms with Gasteiger partial charge in [-0.25, -0.2) is 4.79 Å². The average molecular weight is 417 g/mol. The number of ether oxygens (including phenoxy) is 2. The van der Waals surface area contributed by atoms with Crippen molar-refractivity contribution in [1.29, 1.82) is 0 Å². The lowest BCUT2D eigenvalue weighted by atomic mass is 10.2. The third-order valence-corrected chi connectivity index (χ3v) is 5.37. The second-order valence-corrected chi connectivity index (χ2v) is 7.34. The van der Waals surface area contributed by atoms with Crippen molar-refractivity contribution < 1.29 is 19.1 Å². The van der Waals surface area contributed by atoms with Crippen molar-refractivity contribution in [3.05, 3.63) is 46.0 Å². The van der Waals surface area contributed by atoms with Gasteiger partial charge in [-0.3, -0.25) is 9.48 Å². The fourth-order valence-electron chi connectivity index (χ4n) is 3.00. The average Bonchev–Trinajstić information content (AvgIpc) is 3.25. The molecule has 3 rings (SSSR count). The Kier molecular flexibility index (Phi) is 6.60. The predicted octanol–water partition coefficient (Wildman–Crippen LogP) is 2.79. The lowest BCUT2D eigenvalue weighted by molar-refractivity contribution is 0.0526. The van der Waals surface area contributed by atoms with Crippen LogP contribution in [0, 0.1) is 6.92 Å². The van der Waals surface area contributed by atoms with Crippen molar-refractivity contribution in [3.8, 4) is 0 Å². The monoisotopic (exact) mass is 416 g/mol. The Bertz CT molecular complexity index is 1110. The molecule has 0 saturated heterocycles. The summed E-state index contributed by atoms with van der Waals surface area (Å²) < 4.78 is 14.7. The molecule has 9 heteroatoms. The molecule has 8 nitrogen and oxygen atoms in total. The van der Waals surface area contributed by atoms with Gasteiger partial charge in [0.05, 0.1) is 34.7 Å². The molecule has 2 heterocycles. The van der Waals surface area contributed by atoms with Gasteiger partial charge in [-0.05, 0) is 45.0 Å². The number of carbonyl (C=O) groups excluding carboxylic acids is 2. The van der Waals surface area contributed by atoms with E-state index in [9.17, 15) is 9.59 Å². The highest BCUT2D eigenvalue weighted by Gasteiger charge is 2.15. The first-order valence-electron chi connectivity index (χ1n) is 9.41. The van der Waals surface area contributed by atoms with Crippen molar-refractivity contribution in [2.45, 2.75) is 33.9 Å². The van der Waals surface area contributed by atoms with Crippen molar-refractivity contribution >= 4 is 33.4 Å². The fourth-order valence-corrected chi connectivity index (χ4v) is 4.10. The SMILES string of the molecule is CCOC(=O)c1ccc2c(c1)sc(=NC(=O)c1cc(C)nn1CC)n2CCOC. The molecule has 29 heavy (non-hydrogen) atoms. The van der Waals surface area contributed by atoms with Crippen molar-refractivity contribution in [2.24, 2.45) is 4.99 Å². The number of rotatable bonds is 7. The van der Waals surface area contributed by atoms with Crippen molar-refractivity contribution in [1.82, 2.24) is 14.3 Å². The first-order valence-corrected chi connectivity index (χ1v) is 10.2. The number of methoxy groups -OCH3 is 1. The topological polar surface area (TPSA) is 87.7 Å². The number of amides is 1. The van der Waals surface area contributed by atoms with Crippen molar-refractivity contribution in [3.63, 3.8) is 0 Å². The first kappa shape index (κ1) is 20.9. The molecule has 3 aromatic rings. The zero-order valence-electron chi connectivity index (χ0n) is 17.0. The first-order chi connectivity index (χ1) is 14.0. The molecule has 0 N–H and O–H groups in total. The summed E-state index contributed by atoms with van der Waals surface area (Å²) in [6.07, 6.45) is 0. The van der Waals surface area contributed by atoms with Crippen LogP contribution in [0.5, 0.6) is 0 Å². The van der Waals surface area contributed by atoms with E-state index in [0.29, 0.717) is 42.4 Å². The molecule has 0 fully saturated rings. The lowest BCUT2D eigenvalue weighted by Gasteiger charge is -2.05. The summed E-state index contributed by atoms with van der Waals surface area (Å²) in [5.41, 5.74) is 2.57. The highest BCUT2D eigenvalue weighted by molar-refractivity contribution is 7.16. The number of aromatic nitrogens is 3. The minimum absolute atomic E-state index is 0.314. The van der Waals surface area contributed by atoms with Gasteiger partial charge < -0.3 is 14.0 Å². The maximum atomic E-state index is 12.8. The molecule has 154 valence electrons. The van der Waals surface area contributed by atoms with Crippen molar-refractivity contribution in [2.75, 3.05) is 20.3 Å². The van der Waals surface area contributed by atoms with E-state index in [1.54, 1.807) is 36.9 Å². The summed E-state index contributed by atoms with van der Waals surface area (Å²) >= 11 is 1.35. The minimum atomic E-state index is -0.372. The molecule has 1 aromatic carbocycles. The van der Waals surface area contributed by atoms with Crippen LogP contribution in [-0.2, 0) is 22.6 Å². The molecule has 0 radical (unpaired) electrons. The fraction of sp³-hybridized carbons (Fsp3) is 0.400. The number of thiazole rings is 1. The third kappa shape index (κ3) is 4.46. The quantitative estimate of drug-likeness (QED) is 0.553. The Hall–Kier alpha value is -2.78. The number of aryl methyl sites for hydroxylation is 2. The van der Waals surface area contributed by atoms with Gasteiger partial charge in [-0.15, -0.1) is 0 Å². The van der Waals surface area contributed by atoms with Gasteiger partial charge in [-0.1, -0.05) is 11.3 Å². The van der Waals surface area contributed by atoms with Crippen LogP contribution in [0.4, 0.5) is 0 Å². The van der Waals surface area contributed by atoms with E-state index >= 15 is 0 Å². The molecule has 0 aliphatic rings. The summed E-state index contributed by atoms with van der Waals surface area (Å²) in [5, 5.41) is 4.32. The van der Waals surface area contributed by atoms with Crippen LogP contribution < -0.4 is 4.80 Å². The van der Waals surface area contributed by atoms with Crippen LogP contribution in [-0.4, -0.2) is 46.5 Å². The highest BCUT2D eigenvalue weighted by Crippen LogP contribution is 2.20. The number of nitrogens with zero attached hydrogens (tertiary/aromatic N) is 4. The summed E-state index contributed by atoms with van der Waals surface area (Å²) in [7, 11) is 1.62. The van der Waals surface area contributed by atoms with Crippen LogP contribution in [0.3, 0.4) is 0 Å². The highest BCUT2D eigenvalue weighted by atomic mass is 32.1. The lowest BCUT2D eigenvalue weighted by Crippen LogP contribution is -2.20. The molecule has 0 spiro atoms. The molecular formula is C20H24N4O4S. The molecule has 0 aliphatic heterocycles. The summed E-state index contributed by atoms with van der Waals surface area (Å²) in [6.45, 7) is 7.45. The molecule has 0 bridgehead atoms. The Morgan fingerprint density at radius 3 is 2.72 bits per heavy atom. The second-order valence-electron chi connectivity index (χ2n) is 6.34. The van der Waals surface area contributed by atoms with Gasteiger partial charge in [0.1, 0.15) is 5.69 Å². The van der Waals surface area contributed by atoms with E-state index < -0.39 is 0 Å². The molecule has 0 atom stereocenters. The molecule has 0 unspecified atom stereocenters. The van der Waals surface area contributed by atoms with Crippen LogP contribution in [0.15, 0.2) is 29.3 Å². The van der Waals surface area contributed by atoms with Gasteiger partial charge >= 0.3 is 5.97 Å². The molecule has 0 saturated carbocycles. The third-order valence-electron chi connectivity index (χ3n) is 4.33. The minimum Gasteiger partial charge on any atom is -0.462 e. The Balaban J connectivity index is 2.10. The number of fused-ring (bicyclic) bond motifs is 1. The molecule has 0 aliphatic carbocycles. The number of hydrogen-bond donors (Lipinski definition) is 0. The molecule has 2 aromatic heterocycles. The smallest absolute Gasteiger partial charge is 0.338 e. The Morgan fingerprint density at radius 2 is 2.03 bits per heavy atom. The van der Waals surface area contributed by atoms with Gasteiger partial charge in [0, 0.05) is 20.2 Å². The van der Waals surface area contributed by atoms with Crippen LogP contribution in [0.1, 0.15) is 40.4 Å². The second kappa shape index (κ2) is 9.15. The largest absolute Gasteiger partial charge is 0.462 e. The number of carbonyl (C=O) groups is 2. The van der Waals surface area contributed by atoms with Gasteiger partial charge in [0.2, 0.25) is 0 Å². The predicted molar refractivity (Wildman–Crippen MR) is 110 cm³/mol. The maximum absolute atomic E-state index is 12.8. The van der Waals surface area contributed by atoms with Gasteiger partial charge in [0.25, 0.3) is 5.91 Å². The Morgan fingerprint density at radius 1 is 1.24 bits per heavy atom. The van der Waals surface area contributed by atoms with E-state index in [-0.39, 0.29) is 11.9 Å². The maximum Gasteiger partial charge on any atom is 0.338 e. The van der Waals surface area contributed by atoms with E-state index in [4.69, 9.17) is 9.47 Å². The zero-order valence-corrected chi connectivity index (χ0v) is 17.8. The van der Waals surface area contributed by atoms with Crippen LogP contribution >= 0.6 is 11.3 Å². The summed E-state index contributed by atoms with van der Waals surface area (Å²) in [5.74, 6) is -0.723. The van der Waals surface area contributed by atoms with E-state index in [1.165, 1.54) is 11.3 Å². The van der Waals surface area contributed by atoms with Crippen LogP contribution in [0.2, 0.25) is 0 Å². The van der Waals surface area contributed by atoms with Gasteiger partial charge in [0.15, 0.2) is 4.80 Å². The number of esters is 1. The standard InChI is InChI=1S/C20H24N4O4S/c1-5-24-16(11-13(3)22-24)18(25)21-20-23(9-10-27-4)15-8-7-14(12-17(15)29-20)19(26)28-6-2/h7-8,11-12H,5-6,9-10H2,1-4H3. The molecular weight excluding hydrogens is 392 g/mol. The van der Waals surface area contributed by atoms with Gasteiger partial charge in [-0.2, -0.15) is 10.1 Å². The van der Waals surface area contributed by atoms with E-state index in [2.05, 4.69) is 10.1 Å². The van der Waals surface area contributed by atoms with E-state index in [1.807, 2.05) is 24.5 Å². The number of hydrogen-bond acceptors (Lipinski definition) is 6. The summed E-state index contributed by atoms with van der Waals surface area (Å²) in [4.78, 5) is 29.8. The zero-order chi connectivity index (χ0) is 21.0. The normalized spacial score (nSPS) is 11.9. The number of benzene rings is 1.